The molecule has 0 aliphatic heterocycles. The highest BCUT2D eigenvalue weighted by Crippen LogP contribution is 2.18. The average molecular weight is 376 g/mol. The Bertz CT molecular complexity index is 850. The molecule has 2 aromatic rings. The molecule has 2 rings (SSSR count). The maximum Gasteiger partial charge on any atom is 0.262 e. The predicted molar refractivity (Wildman–Crippen MR) is 103 cm³/mol. The number of carbonyl (C=O) groups excluding carboxylic acids is 2. The number of nitrogens with zero attached hydrogens (tertiary/aromatic N) is 2. The van der Waals surface area contributed by atoms with E-state index in [2.05, 4.69) is 15.6 Å². The molecule has 0 aliphatic rings. The molecule has 0 saturated heterocycles. The lowest BCUT2D eigenvalue weighted by molar-refractivity contribution is -0.127. The topological polar surface area (TPSA) is 93.1 Å². The molecule has 0 unspecified atom stereocenters. The smallest absolute Gasteiger partial charge is 0.262 e. The van der Waals surface area contributed by atoms with Gasteiger partial charge in [0, 0.05) is 13.1 Å². The first-order valence-corrected chi connectivity index (χ1v) is 9.65. The van der Waals surface area contributed by atoms with Crippen molar-refractivity contribution in [3.63, 3.8) is 0 Å². The summed E-state index contributed by atoms with van der Waals surface area (Å²) in [5.74, 6) is -0.421. The average Bonchev–Trinajstić information content (AvgIpc) is 2.63. The minimum absolute atomic E-state index is 0.0816. The van der Waals surface area contributed by atoms with Gasteiger partial charge in [0.05, 0.1) is 16.7 Å². The van der Waals surface area contributed by atoms with Crippen molar-refractivity contribution in [2.24, 2.45) is 0 Å². The van der Waals surface area contributed by atoms with Crippen LogP contribution in [0.25, 0.3) is 10.9 Å². The van der Waals surface area contributed by atoms with Gasteiger partial charge in [-0.15, -0.1) is 0 Å². The zero-order chi connectivity index (χ0) is 19.1. The van der Waals surface area contributed by atoms with E-state index in [0.29, 0.717) is 29.1 Å². The number of likely N-dealkylation sites (N-methyl/N-ethyl adjacent to an activating group) is 1. The quantitative estimate of drug-likeness (QED) is 0.538. The lowest BCUT2D eigenvalue weighted by atomic mass is 10.2. The minimum atomic E-state index is -0.606. The fourth-order valence-electron chi connectivity index (χ4n) is 2.48. The van der Waals surface area contributed by atoms with Crippen molar-refractivity contribution in [3.8, 4) is 0 Å². The molecule has 0 radical (unpaired) electrons. The highest BCUT2D eigenvalue weighted by Gasteiger charge is 2.16. The molecule has 140 valence electrons. The van der Waals surface area contributed by atoms with Crippen LogP contribution in [0, 0.1) is 0 Å². The number of amides is 2. The summed E-state index contributed by atoms with van der Waals surface area (Å²) in [5.41, 5.74) is 0.513. The van der Waals surface area contributed by atoms with Crippen LogP contribution in [0.4, 0.5) is 0 Å². The predicted octanol–water partition coefficient (Wildman–Crippen LogP) is 1.54. The molecule has 1 aromatic carbocycles. The highest BCUT2D eigenvalue weighted by molar-refractivity contribution is 7.99. The van der Waals surface area contributed by atoms with Gasteiger partial charge < -0.3 is 10.6 Å². The van der Waals surface area contributed by atoms with E-state index in [0.717, 1.165) is 6.42 Å². The fourth-order valence-corrected chi connectivity index (χ4v) is 3.32. The van der Waals surface area contributed by atoms with E-state index in [1.54, 1.807) is 23.6 Å². The van der Waals surface area contributed by atoms with Crippen LogP contribution in [0.2, 0.25) is 0 Å². The summed E-state index contributed by atoms with van der Waals surface area (Å²) < 4.78 is 1.60. The molecular weight excluding hydrogens is 352 g/mol. The Kier molecular flexibility index (Phi) is 7.20. The molecular formula is C18H24N4O3S. The van der Waals surface area contributed by atoms with Crippen LogP contribution < -0.4 is 16.2 Å². The van der Waals surface area contributed by atoms with Gasteiger partial charge in [-0.3, -0.25) is 19.0 Å². The summed E-state index contributed by atoms with van der Waals surface area (Å²) in [5, 5.41) is 6.39. The maximum absolute atomic E-state index is 12.7. The van der Waals surface area contributed by atoms with Gasteiger partial charge in [0.15, 0.2) is 5.16 Å². The molecule has 2 amide bonds. The van der Waals surface area contributed by atoms with Crippen LogP contribution >= 0.6 is 11.8 Å². The van der Waals surface area contributed by atoms with Crippen molar-refractivity contribution in [2.45, 2.75) is 44.9 Å². The minimum Gasteiger partial charge on any atom is -0.355 e. The first-order chi connectivity index (χ1) is 12.5. The number of aromatic nitrogens is 2. The Morgan fingerprint density at radius 1 is 1.27 bits per heavy atom. The number of thioether (sulfide) groups is 1. The Morgan fingerprint density at radius 2 is 2.00 bits per heavy atom. The Balaban J connectivity index is 2.14. The number of carbonyl (C=O) groups is 2. The number of hydrogen-bond donors (Lipinski definition) is 2. The number of para-hydroxylation sites is 1. The van der Waals surface area contributed by atoms with Crippen molar-refractivity contribution < 1.29 is 9.59 Å². The van der Waals surface area contributed by atoms with E-state index < -0.39 is 6.04 Å². The second-order valence-electron chi connectivity index (χ2n) is 5.84. The van der Waals surface area contributed by atoms with E-state index >= 15 is 0 Å². The molecule has 1 atom stereocenters. The zero-order valence-electron chi connectivity index (χ0n) is 15.2. The summed E-state index contributed by atoms with van der Waals surface area (Å²) in [6.45, 7) is 6.49. The van der Waals surface area contributed by atoms with E-state index in [4.69, 9.17) is 0 Å². The Labute approximate surface area is 156 Å². The number of rotatable bonds is 8. The molecule has 8 heteroatoms. The third-order valence-electron chi connectivity index (χ3n) is 3.73. The molecule has 26 heavy (non-hydrogen) atoms. The summed E-state index contributed by atoms with van der Waals surface area (Å²) in [4.78, 5) is 41.0. The van der Waals surface area contributed by atoms with Crippen LogP contribution in [-0.2, 0) is 16.1 Å². The Hall–Kier alpha value is -2.35. The van der Waals surface area contributed by atoms with E-state index in [-0.39, 0.29) is 23.1 Å². The molecule has 7 nitrogen and oxygen atoms in total. The van der Waals surface area contributed by atoms with Gasteiger partial charge in [-0.25, -0.2) is 4.98 Å². The normalized spacial score (nSPS) is 12.0. The third kappa shape index (κ3) is 4.85. The standard InChI is InChI=1S/C18H24N4O3S/c1-4-10-22-17(25)13-8-6-7-9-14(13)21-18(22)26-11-15(23)20-12(3)16(24)19-5-2/h6-9,12H,4-5,10-11H2,1-3H3,(H,19,24)(H,20,23)/t12-/m1/s1. The molecule has 0 saturated carbocycles. The van der Waals surface area contributed by atoms with Crippen LogP contribution in [0.1, 0.15) is 27.2 Å². The van der Waals surface area contributed by atoms with Crippen molar-refractivity contribution in [1.29, 1.82) is 0 Å². The van der Waals surface area contributed by atoms with Crippen LogP contribution in [-0.4, -0.2) is 39.7 Å². The Morgan fingerprint density at radius 3 is 2.69 bits per heavy atom. The third-order valence-corrected chi connectivity index (χ3v) is 4.70. The zero-order valence-corrected chi connectivity index (χ0v) is 16.1. The van der Waals surface area contributed by atoms with Crippen molar-refractivity contribution in [3.05, 3.63) is 34.6 Å². The fraction of sp³-hybridized carbons (Fsp3) is 0.444. The van der Waals surface area contributed by atoms with Crippen LogP contribution in [0.5, 0.6) is 0 Å². The summed E-state index contributed by atoms with van der Waals surface area (Å²) in [7, 11) is 0. The maximum atomic E-state index is 12.7. The monoisotopic (exact) mass is 376 g/mol. The van der Waals surface area contributed by atoms with Gasteiger partial charge in [0.2, 0.25) is 11.8 Å². The van der Waals surface area contributed by atoms with Crippen molar-refractivity contribution >= 4 is 34.5 Å². The second kappa shape index (κ2) is 9.38. The number of fused-ring (bicyclic) bond motifs is 1. The van der Waals surface area contributed by atoms with Gasteiger partial charge in [-0.05, 0) is 32.4 Å². The molecule has 0 spiro atoms. The van der Waals surface area contributed by atoms with Gasteiger partial charge in [-0.1, -0.05) is 30.8 Å². The highest BCUT2D eigenvalue weighted by atomic mass is 32.2. The SMILES string of the molecule is CCCn1c(SCC(=O)N[C@H](C)C(=O)NCC)nc2ccccc2c1=O. The lowest BCUT2D eigenvalue weighted by Gasteiger charge is -2.14. The molecule has 0 bridgehead atoms. The second-order valence-corrected chi connectivity index (χ2v) is 6.78. The molecule has 1 heterocycles. The van der Waals surface area contributed by atoms with E-state index in [9.17, 15) is 14.4 Å². The molecule has 0 aliphatic carbocycles. The molecule has 1 aromatic heterocycles. The van der Waals surface area contributed by atoms with Gasteiger partial charge in [0.1, 0.15) is 6.04 Å². The molecule has 0 fully saturated rings. The van der Waals surface area contributed by atoms with Crippen LogP contribution in [0.15, 0.2) is 34.2 Å². The van der Waals surface area contributed by atoms with Gasteiger partial charge >= 0.3 is 0 Å². The largest absolute Gasteiger partial charge is 0.355 e. The summed E-state index contributed by atoms with van der Waals surface area (Å²) in [6.07, 6.45) is 0.786. The summed E-state index contributed by atoms with van der Waals surface area (Å²) >= 11 is 1.20. The van der Waals surface area contributed by atoms with Crippen LogP contribution in [0.3, 0.4) is 0 Å². The first-order valence-electron chi connectivity index (χ1n) is 8.67. The number of hydrogen-bond acceptors (Lipinski definition) is 5. The number of nitrogens with one attached hydrogen (secondary N) is 2. The van der Waals surface area contributed by atoms with Gasteiger partial charge in [0.25, 0.3) is 5.56 Å². The first kappa shape index (κ1) is 20.0. The van der Waals surface area contributed by atoms with Gasteiger partial charge in [-0.2, -0.15) is 0 Å². The van der Waals surface area contributed by atoms with E-state index in [1.165, 1.54) is 11.8 Å². The number of benzene rings is 1. The van der Waals surface area contributed by atoms with Crippen molar-refractivity contribution in [2.75, 3.05) is 12.3 Å². The summed E-state index contributed by atoms with van der Waals surface area (Å²) in [6, 6.07) is 6.57. The van der Waals surface area contributed by atoms with E-state index in [1.807, 2.05) is 26.0 Å². The van der Waals surface area contributed by atoms with Crippen molar-refractivity contribution in [1.82, 2.24) is 20.2 Å². The molecule has 2 N–H and O–H groups in total. The lowest BCUT2D eigenvalue weighted by Crippen LogP contribution is -2.45.